The van der Waals surface area contributed by atoms with E-state index in [1.165, 1.54) is 6.08 Å². The van der Waals surface area contributed by atoms with Crippen molar-refractivity contribution in [3.05, 3.63) is 65.2 Å². The summed E-state index contributed by atoms with van der Waals surface area (Å²) in [7, 11) is 0. The van der Waals surface area contributed by atoms with E-state index in [0.29, 0.717) is 23.2 Å². The van der Waals surface area contributed by atoms with Gasteiger partial charge in [0.1, 0.15) is 5.75 Å². The standard InChI is InChI=1S/C19H20ClNO2/c1-14(2)13-23-17-8-5-7-16(12-17)21-19(22)11-10-15-6-3-4-9-18(15)20/h3-12,14H,13H2,1-2H3,(H,21,22)/b11-10+. The third-order valence-corrected chi connectivity index (χ3v) is 3.35. The predicted octanol–water partition coefficient (Wildman–Crippen LogP) is 5.03. The van der Waals surface area contributed by atoms with Crippen molar-refractivity contribution >= 4 is 29.3 Å². The summed E-state index contributed by atoms with van der Waals surface area (Å²) in [6.07, 6.45) is 3.15. The van der Waals surface area contributed by atoms with E-state index in [0.717, 1.165) is 11.3 Å². The molecule has 2 rings (SSSR count). The van der Waals surface area contributed by atoms with Gasteiger partial charge in [-0.3, -0.25) is 4.79 Å². The van der Waals surface area contributed by atoms with E-state index in [2.05, 4.69) is 19.2 Å². The number of rotatable bonds is 6. The van der Waals surface area contributed by atoms with Gasteiger partial charge >= 0.3 is 0 Å². The molecule has 0 saturated heterocycles. The molecule has 0 aliphatic rings. The smallest absolute Gasteiger partial charge is 0.248 e. The number of benzene rings is 2. The average Bonchev–Trinajstić information content (AvgIpc) is 2.52. The largest absolute Gasteiger partial charge is 0.493 e. The highest BCUT2D eigenvalue weighted by atomic mass is 35.5. The molecule has 0 bridgehead atoms. The molecule has 1 amide bonds. The summed E-state index contributed by atoms with van der Waals surface area (Å²) in [5.41, 5.74) is 1.50. The first-order valence-electron chi connectivity index (χ1n) is 7.51. The van der Waals surface area contributed by atoms with E-state index < -0.39 is 0 Å². The van der Waals surface area contributed by atoms with Crippen LogP contribution in [0.1, 0.15) is 19.4 Å². The summed E-state index contributed by atoms with van der Waals surface area (Å²) in [5.74, 6) is 0.976. The minimum absolute atomic E-state index is 0.217. The summed E-state index contributed by atoms with van der Waals surface area (Å²) >= 11 is 6.05. The van der Waals surface area contributed by atoms with E-state index in [1.54, 1.807) is 12.1 Å². The summed E-state index contributed by atoms with van der Waals surface area (Å²) in [6, 6.07) is 14.7. The van der Waals surface area contributed by atoms with Crippen molar-refractivity contribution in [1.29, 1.82) is 0 Å². The molecular formula is C19H20ClNO2. The van der Waals surface area contributed by atoms with Gasteiger partial charge in [-0.25, -0.2) is 0 Å². The van der Waals surface area contributed by atoms with E-state index in [1.807, 2.05) is 42.5 Å². The Hall–Kier alpha value is -2.26. The monoisotopic (exact) mass is 329 g/mol. The molecule has 0 radical (unpaired) electrons. The first-order chi connectivity index (χ1) is 11.0. The number of carbonyl (C=O) groups excluding carboxylic acids is 1. The van der Waals surface area contributed by atoms with Crippen molar-refractivity contribution in [3.63, 3.8) is 0 Å². The minimum Gasteiger partial charge on any atom is -0.493 e. The Labute approximate surface area is 141 Å². The zero-order chi connectivity index (χ0) is 16.7. The first-order valence-corrected chi connectivity index (χ1v) is 7.89. The van der Waals surface area contributed by atoms with Crippen LogP contribution in [-0.2, 0) is 4.79 Å². The number of anilines is 1. The maximum atomic E-state index is 12.0. The van der Waals surface area contributed by atoms with E-state index in [9.17, 15) is 4.79 Å². The van der Waals surface area contributed by atoms with Crippen molar-refractivity contribution in [2.45, 2.75) is 13.8 Å². The molecule has 1 N–H and O–H groups in total. The molecule has 0 aromatic heterocycles. The van der Waals surface area contributed by atoms with Crippen LogP contribution in [0.3, 0.4) is 0 Å². The molecule has 120 valence electrons. The Morgan fingerprint density at radius 2 is 2.00 bits per heavy atom. The summed E-state index contributed by atoms with van der Waals surface area (Å²) in [5, 5.41) is 3.42. The molecule has 23 heavy (non-hydrogen) atoms. The number of hydrogen-bond acceptors (Lipinski definition) is 2. The normalized spacial score (nSPS) is 11.0. The SMILES string of the molecule is CC(C)COc1cccc(NC(=O)/C=C/c2ccccc2Cl)c1. The maximum Gasteiger partial charge on any atom is 0.248 e. The van der Waals surface area contributed by atoms with Crippen molar-refractivity contribution in [2.24, 2.45) is 5.92 Å². The zero-order valence-corrected chi connectivity index (χ0v) is 14.0. The highest BCUT2D eigenvalue weighted by Gasteiger charge is 2.02. The van der Waals surface area contributed by atoms with Gasteiger partial charge in [0, 0.05) is 22.9 Å². The predicted molar refractivity (Wildman–Crippen MR) is 95.9 cm³/mol. The molecule has 2 aromatic rings. The minimum atomic E-state index is -0.217. The second-order valence-electron chi connectivity index (χ2n) is 5.58. The quantitative estimate of drug-likeness (QED) is 0.755. The van der Waals surface area contributed by atoms with Gasteiger partial charge in [0.05, 0.1) is 6.61 Å². The lowest BCUT2D eigenvalue weighted by molar-refractivity contribution is -0.111. The number of amides is 1. The second kappa shape index (κ2) is 8.39. The number of hydrogen-bond donors (Lipinski definition) is 1. The molecule has 0 heterocycles. The van der Waals surface area contributed by atoms with Gasteiger partial charge in [-0.2, -0.15) is 0 Å². The van der Waals surface area contributed by atoms with Crippen molar-refractivity contribution in [1.82, 2.24) is 0 Å². The molecule has 0 aliphatic heterocycles. The van der Waals surface area contributed by atoms with Gasteiger partial charge in [-0.15, -0.1) is 0 Å². The van der Waals surface area contributed by atoms with Crippen LogP contribution in [0.15, 0.2) is 54.6 Å². The fraction of sp³-hybridized carbons (Fsp3) is 0.211. The number of ether oxygens (including phenoxy) is 1. The van der Waals surface area contributed by atoms with Gasteiger partial charge in [0.15, 0.2) is 0 Å². The topological polar surface area (TPSA) is 38.3 Å². The van der Waals surface area contributed by atoms with Crippen LogP contribution >= 0.6 is 11.6 Å². The Kier molecular flexibility index (Phi) is 6.24. The van der Waals surface area contributed by atoms with Crippen LogP contribution in [0.2, 0.25) is 5.02 Å². The number of halogens is 1. The first kappa shape index (κ1) is 17.1. The Bertz CT molecular complexity index is 695. The van der Waals surface area contributed by atoms with Gasteiger partial charge < -0.3 is 10.1 Å². The van der Waals surface area contributed by atoms with Crippen molar-refractivity contribution in [2.75, 3.05) is 11.9 Å². The molecule has 0 atom stereocenters. The lowest BCUT2D eigenvalue weighted by Gasteiger charge is -2.10. The van der Waals surface area contributed by atoms with Gasteiger partial charge in [-0.1, -0.05) is 49.7 Å². The Balaban J connectivity index is 1.97. The third kappa shape index (κ3) is 5.80. The van der Waals surface area contributed by atoms with Crippen molar-refractivity contribution in [3.8, 4) is 5.75 Å². The fourth-order valence-electron chi connectivity index (χ4n) is 1.89. The maximum absolute atomic E-state index is 12.0. The molecule has 0 unspecified atom stereocenters. The summed E-state index contributed by atoms with van der Waals surface area (Å²) in [4.78, 5) is 12.0. The van der Waals surface area contributed by atoms with Crippen LogP contribution in [0.4, 0.5) is 5.69 Å². The molecule has 3 nitrogen and oxygen atoms in total. The molecule has 4 heteroatoms. The van der Waals surface area contributed by atoms with Gasteiger partial charge in [-0.05, 0) is 35.8 Å². The van der Waals surface area contributed by atoms with Gasteiger partial charge in [0.2, 0.25) is 5.91 Å². The van der Waals surface area contributed by atoms with Crippen LogP contribution in [0.5, 0.6) is 5.75 Å². The summed E-state index contributed by atoms with van der Waals surface area (Å²) in [6.45, 7) is 4.82. The highest BCUT2D eigenvalue weighted by Crippen LogP contribution is 2.19. The van der Waals surface area contributed by atoms with Crippen LogP contribution < -0.4 is 10.1 Å². The Morgan fingerprint density at radius 1 is 1.22 bits per heavy atom. The average molecular weight is 330 g/mol. The van der Waals surface area contributed by atoms with Crippen molar-refractivity contribution < 1.29 is 9.53 Å². The number of nitrogens with one attached hydrogen (secondary N) is 1. The van der Waals surface area contributed by atoms with Crippen LogP contribution in [0.25, 0.3) is 6.08 Å². The van der Waals surface area contributed by atoms with E-state index >= 15 is 0 Å². The Morgan fingerprint density at radius 3 is 2.74 bits per heavy atom. The molecule has 0 spiro atoms. The van der Waals surface area contributed by atoms with E-state index in [-0.39, 0.29) is 5.91 Å². The molecule has 2 aromatic carbocycles. The number of carbonyl (C=O) groups is 1. The molecular weight excluding hydrogens is 310 g/mol. The highest BCUT2D eigenvalue weighted by molar-refractivity contribution is 6.32. The lowest BCUT2D eigenvalue weighted by Crippen LogP contribution is -2.08. The van der Waals surface area contributed by atoms with Gasteiger partial charge in [0.25, 0.3) is 0 Å². The zero-order valence-electron chi connectivity index (χ0n) is 13.3. The van der Waals surface area contributed by atoms with Crippen LogP contribution in [0, 0.1) is 5.92 Å². The molecule has 0 saturated carbocycles. The second-order valence-corrected chi connectivity index (χ2v) is 5.98. The fourth-order valence-corrected chi connectivity index (χ4v) is 2.08. The molecule has 0 aliphatic carbocycles. The molecule has 0 fully saturated rings. The third-order valence-electron chi connectivity index (χ3n) is 3.00. The summed E-state index contributed by atoms with van der Waals surface area (Å²) < 4.78 is 5.65. The van der Waals surface area contributed by atoms with Crippen LogP contribution in [-0.4, -0.2) is 12.5 Å². The van der Waals surface area contributed by atoms with E-state index in [4.69, 9.17) is 16.3 Å². The lowest BCUT2D eigenvalue weighted by atomic mass is 10.2.